The van der Waals surface area contributed by atoms with Crippen LogP contribution in [0.2, 0.25) is 0 Å². The maximum atomic E-state index is 7.38. The highest BCUT2D eigenvalue weighted by molar-refractivity contribution is 7.22. The lowest BCUT2D eigenvalue weighted by Crippen LogP contribution is -2.61. The van der Waals surface area contributed by atoms with Crippen molar-refractivity contribution in [1.29, 1.82) is 0 Å². The summed E-state index contributed by atoms with van der Waals surface area (Å²) in [6, 6.07) is 65.5. The monoisotopic (exact) mass is 966 g/mol. The van der Waals surface area contributed by atoms with Gasteiger partial charge in [0.25, 0.3) is 6.71 Å². The summed E-state index contributed by atoms with van der Waals surface area (Å²) in [5.74, 6) is 1.99. The zero-order valence-electron chi connectivity index (χ0n) is 41.4. The molecular formula is C65H51BN2O2S2. The molecule has 0 amide bonds. The Bertz CT molecular complexity index is 4080. The van der Waals surface area contributed by atoms with Crippen molar-refractivity contribution < 1.29 is 8.83 Å². The lowest BCUT2D eigenvalue weighted by Gasteiger charge is -2.43. The van der Waals surface area contributed by atoms with E-state index in [2.05, 4.69) is 222 Å². The Labute approximate surface area is 428 Å². The third-order valence-electron chi connectivity index (χ3n) is 15.2. The van der Waals surface area contributed by atoms with Crippen LogP contribution in [0, 0.1) is 13.8 Å². The van der Waals surface area contributed by atoms with Gasteiger partial charge in [-0.1, -0.05) is 120 Å². The van der Waals surface area contributed by atoms with Crippen molar-refractivity contribution >= 4 is 122 Å². The highest BCUT2D eigenvalue weighted by Gasteiger charge is 2.47. The van der Waals surface area contributed by atoms with Crippen molar-refractivity contribution in [2.45, 2.75) is 59.8 Å². The maximum Gasteiger partial charge on any atom is 0.257 e. The molecule has 0 N–H and O–H groups in total. The molecule has 0 unspecified atom stereocenters. The second-order valence-corrected chi connectivity index (χ2v) is 23.4. The summed E-state index contributed by atoms with van der Waals surface area (Å²) in [5.41, 5.74) is 19.6. The maximum absolute atomic E-state index is 7.38. The summed E-state index contributed by atoms with van der Waals surface area (Å²) in [5, 5.41) is 4.80. The number of rotatable bonds is 6. The van der Waals surface area contributed by atoms with Crippen molar-refractivity contribution in [1.82, 2.24) is 0 Å². The summed E-state index contributed by atoms with van der Waals surface area (Å²) in [6.45, 7) is 15.9. The minimum atomic E-state index is -0.122. The molecule has 2 aliphatic heterocycles. The summed E-state index contributed by atoms with van der Waals surface area (Å²) in [4.78, 5) is 7.58. The summed E-state index contributed by atoms with van der Waals surface area (Å²) < 4.78 is 16.5. The van der Waals surface area contributed by atoms with Crippen molar-refractivity contribution in [3.8, 4) is 32.2 Å². The number of nitrogens with zero attached hydrogens (tertiary/aromatic N) is 2. The van der Waals surface area contributed by atoms with Crippen LogP contribution < -0.4 is 26.2 Å². The van der Waals surface area contributed by atoms with Crippen LogP contribution in [0.1, 0.15) is 62.8 Å². The van der Waals surface area contributed by atoms with Gasteiger partial charge in [-0.2, -0.15) is 0 Å². The molecule has 0 aliphatic carbocycles. The van der Waals surface area contributed by atoms with Gasteiger partial charge in [-0.15, -0.1) is 22.7 Å². The molecule has 14 rings (SSSR count). The van der Waals surface area contributed by atoms with Crippen molar-refractivity contribution in [3.05, 3.63) is 198 Å². The van der Waals surface area contributed by atoms with E-state index in [0.717, 1.165) is 67.3 Å². The Kier molecular flexibility index (Phi) is 9.59. The first kappa shape index (κ1) is 43.2. The molecule has 348 valence electrons. The summed E-state index contributed by atoms with van der Waals surface area (Å²) in [6.07, 6.45) is 0. The first-order valence-corrected chi connectivity index (χ1v) is 26.7. The second kappa shape index (κ2) is 16.0. The Morgan fingerprint density at radius 2 is 1.17 bits per heavy atom. The van der Waals surface area contributed by atoms with E-state index in [0.29, 0.717) is 0 Å². The van der Waals surface area contributed by atoms with Gasteiger partial charge in [0, 0.05) is 63.7 Å². The fraction of sp³-hybridized carbons (Fsp3) is 0.138. The smallest absolute Gasteiger partial charge is 0.257 e. The molecule has 0 fully saturated rings. The molecule has 0 saturated carbocycles. The lowest BCUT2D eigenvalue weighted by molar-refractivity contribution is 0.589. The Morgan fingerprint density at radius 3 is 1.83 bits per heavy atom. The molecule has 72 heavy (non-hydrogen) atoms. The van der Waals surface area contributed by atoms with Gasteiger partial charge in [0.1, 0.15) is 16.9 Å². The number of furan rings is 2. The van der Waals surface area contributed by atoms with Gasteiger partial charge < -0.3 is 13.7 Å². The van der Waals surface area contributed by atoms with Gasteiger partial charge in [0.05, 0.1) is 5.69 Å². The minimum Gasteiger partial charge on any atom is -0.456 e. The molecule has 4 nitrogen and oxygen atoms in total. The number of benzene rings is 8. The van der Waals surface area contributed by atoms with E-state index in [9.17, 15) is 0 Å². The molecule has 4 aromatic heterocycles. The fourth-order valence-corrected chi connectivity index (χ4v) is 13.7. The second-order valence-electron chi connectivity index (χ2n) is 21.2. The molecule has 0 saturated heterocycles. The number of anilines is 6. The van der Waals surface area contributed by atoms with E-state index < -0.39 is 0 Å². The molecule has 0 atom stereocenters. The quantitative estimate of drug-likeness (QED) is 0.156. The Hall–Kier alpha value is -7.58. The average molecular weight is 967 g/mol. The van der Waals surface area contributed by atoms with Crippen LogP contribution >= 0.6 is 22.7 Å². The number of hydrogen-bond acceptors (Lipinski definition) is 6. The topological polar surface area (TPSA) is 32.8 Å². The highest BCUT2D eigenvalue weighted by Crippen LogP contribution is 2.51. The normalized spacial score (nSPS) is 13.2. The predicted octanol–water partition coefficient (Wildman–Crippen LogP) is 17.7. The average Bonchev–Trinajstić information content (AvgIpc) is 4.20. The first-order valence-electron chi connectivity index (χ1n) is 25.1. The standard InChI is InChI=1S/C65H51BN2O2S2/c1-37(2)45-31-52-62-53(32-45)68(63-38(3)27-46(28-39(63)4)56-33-40-15-8-11-20-54(40)69-56)64-61(49-36-47(65(5,6)7)24-26-55(49)70-64)66(62)50-25-23-44(60-35-43-17-10-13-22-58(43)72-60)30-51(50)67(52)48-19-14-18-41(29-48)59-34-42-16-9-12-21-57(42)71-59/h8-37H,1-7H3. The number of aryl methyl sites for hydroxylation is 2. The molecule has 2 aliphatic rings. The van der Waals surface area contributed by atoms with Crippen LogP contribution in [0.4, 0.5) is 34.3 Å². The molecule has 12 aromatic rings. The van der Waals surface area contributed by atoms with Crippen LogP contribution in [0.15, 0.2) is 185 Å². The molecule has 6 heterocycles. The summed E-state index contributed by atoms with van der Waals surface area (Å²) >= 11 is 3.72. The van der Waals surface area contributed by atoms with Crippen LogP contribution in [-0.4, -0.2) is 6.71 Å². The van der Waals surface area contributed by atoms with Gasteiger partial charge in [-0.3, -0.25) is 4.90 Å². The number of fused-ring (bicyclic) bond motifs is 9. The van der Waals surface area contributed by atoms with E-state index in [1.54, 1.807) is 0 Å². The number of para-hydroxylation sites is 1. The van der Waals surface area contributed by atoms with Crippen molar-refractivity contribution in [3.63, 3.8) is 0 Å². The lowest BCUT2D eigenvalue weighted by atomic mass is 9.33. The van der Waals surface area contributed by atoms with E-state index in [1.807, 2.05) is 34.8 Å². The third kappa shape index (κ3) is 6.70. The first-order chi connectivity index (χ1) is 34.9. The van der Waals surface area contributed by atoms with Gasteiger partial charge in [0.15, 0.2) is 0 Å². The molecule has 0 spiro atoms. The van der Waals surface area contributed by atoms with Crippen LogP contribution in [-0.2, 0) is 5.41 Å². The van der Waals surface area contributed by atoms with E-state index in [-0.39, 0.29) is 18.0 Å². The summed E-state index contributed by atoms with van der Waals surface area (Å²) in [7, 11) is 0. The zero-order chi connectivity index (χ0) is 48.7. The van der Waals surface area contributed by atoms with Crippen molar-refractivity contribution in [2.75, 3.05) is 9.80 Å². The molecular weight excluding hydrogens is 916 g/mol. The highest BCUT2D eigenvalue weighted by atomic mass is 32.1. The van der Waals surface area contributed by atoms with Crippen LogP contribution in [0.25, 0.3) is 74.3 Å². The molecule has 0 radical (unpaired) electrons. The third-order valence-corrected chi connectivity index (χ3v) is 17.5. The fourth-order valence-electron chi connectivity index (χ4n) is 11.6. The van der Waals surface area contributed by atoms with Crippen LogP contribution in [0.5, 0.6) is 0 Å². The minimum absolute atomic E-state index is 0.0680. The largest absolute Gasteiger partial charge is 0.456 e. The number of hydrogen-bond donors (Lipinski definition) is 0. The Morgan fingerprint density at radius 1 is 0.514 bits per heavy atom. The molecule has 7 heteroatoms. The van der Waals surface area contributed by atoms with Gasteiger partial charge in [-0.25, -0.2) is 0 Å². The van der Waals surface area contributed by atoms with E-state index >= 15 is 0 Å². The SMILES string of the molecule is Cc1cc(-c2cc3ccccc3o2)cc(C)c1N1c2cc(C(C)C)cc3c2B(c2ccc(-c4cc5ccccc5s4)cc2N3c2cccc(-c3cc4ccccc4s3)c2)c2c1oc1ccc(C(C)(C)C)cc21. The zero-order valence-corrected chi connectivity index (χ0v) is 43.1. The van der Waals surface area contributed by atoms with Crippen LogP contribution in [0.3, 0.4) is 0 Å². The van der Waals surface area contributed by atoms with Gasteiger partial charge in [-0.05, 0) is 171 Å². The van der Waals surface area contributed by atoms with Gasteiger partial charge >= 0.3 is 0 Å². The van der Waals surface area contributed by atoms with E-state index in [4.69, 9.17) is 8.83 Å². The molecule has 0 bridgehead atoms. The van der Waals surface area contributed by atoms with E-state index in [1.165, 1.54) is 79.9 Å². The van der Waals surface area contributed by atoms with Crippen molar-refractivity contribution in [2.24, 2.45) is 0 Å². The van der Waals surface area contributed by atoms with Gasteiger partial charge in [0.2, 0.25) is 5.88 Å². The Balaban J connectivity index is 1.06. The number of thiophene rings is 2. The molecule has 8 aromatic carbocycles. The predicted molar refractivity (Wildman–Crippen MR) is 309 cm³/mol.